The van der Waals surface area contributed by atoms with Crippen LogP contribution in [-0.4, -0.2) is 17.6 Å². The molecule has 0 aliphatic rings. The summed E-state index contributed by atoms with van der Waals surface area (Å²) in [5.41, 5.74) is 2.66. The summed E-state index contributed by atoms with van der Waals surface area (Å²) in [6.07, 6.45) is 3.87. The summed E-state index contributed by atoms with van der Waals surface area (Å²) in [6.45, 7) is 10.1. The molecular weight excluding hydrogens is 435 g/mol. The van der Waals surface area contributed by atoms with Crippen LogP contribution >= 0.6 is 11.8 Å². The molecular formula is C26H26F2LiNO2S-2. The molecule has 0 radical (unpaired) electrons. The number of hydrogen-bond donors (Lipinski definition) is 0. The molecule has 7 heteroatoms. The van der Waals surface area contributed by atoms with Crippen LogP contribution in [0.1, 0.15) is 36.1 Å². The Morgan fingerprint density at radius 1 is 1.12 bits per heavy atom. The van der Waals surface area contributed by atoms with Crippen molar-refractivity contribution in [1.82, 2.24) is 4.98 Å². The third kappa shape index (κ3) is 8.62. The maximum absolute atomic E-state index is 14.1. The van der Waals surface area contributed by atoms with E-state index < -0.39 is 17.4 Å². The molecule has 170 valence electrons. The molecule has 0 aliphatic carbocycles. The summed E-state index contributed by atoms with van der Waals surface area (Å²) in [4.78, 5) is 15.9. The summed E-state index contributed by atoms with van der Waals surface area (Å²) < 4.78 is 32.4. The number of hydrogen-bond acceptors (Lipinski definition) is 4. The SMILES string of the molecule is Cc1cc(-c2cccc(F)c2O[C@H](C)F)cnc1SC([C-]=O)c1ccccc1.[CH2-]CC[CH2-].[Li+]. The van der Waals surface area contributed by atoms with Gasteiger partial charge in [-0.2, -0.15) is 0 Å². The zero-order valence-corrected chi connectivity index (χ0v) is 20.0. The standard InChI is InChI=1S/C22H18F2NO2S.C4H8.Li/c1-14-11-17(18-9-6-10-19(24)21(18)27-15(2)23)12-25-22(14)28-20(13-26)16-7-4-3-5-8-16;1-3-4-2;/h3-12,15,20H,1-2H3;1-4H2;/q-1;-2;+1/t15-,20?;;/m1../s1. The van der Waals surface area contributed by atoms with Gasteiger partial charge < -0.3 is 23.4 Å². The number of alkyl halides is 1. The number of para-hydroxylation sites is 1. The summed E-state index contributed by atoms with van der Waals surface area (Å²) in [5, 5.41) is 0.164. The number of halogens is 2. The molecule has 3 aromatic rings. The van der Waals surface area contributed by atoms with Crippen LogP contribution in [0.25, 0.3) is 11.1 Å². The average Bonchev–Trinajstić information content (AvgIpc) is 2.80. The van der Waals surface area contributed by atoms with Crippen molar-refractivity contribution in [2.45, 2.75) is 43.3 Å². The molecule has 0 aliphatic heterocycles. The molecule has 0 amide bonds. The van der Waals surface area contributed by atoms with Crippen LogP contribution in [0, 0.1) is 26.6 Å². The van der Waals surface area contributed by atoms with E-state index in [-0.39, 0.29) is 24.6 Å². The molecule has 0 spiro atoms. The van der Waals surface area contributed by atoms with Gasteiger partial charge >= 0.3 is 18.9 Å². The molecule has 0 saturated heterocycles. The van der Waals surface area contributed by atoms with E-state index in [4.69, 9.17) is 4.74 Å². The van der Waals surface area contributed by atoms with Gasteiger partial charge in [0.25, 0.3) is 0 Å². The third-order valence-corrected chi connectivity index (χ3v) is 5.53. The van der Waals surface area contributed by atoms with Gasteiger partial charge in [0, 0.05) is 24.2 Å². The fourth-order valence-corrected chi connectivity index (χ4v) is 3.67. The van der Waals surface area contributed by atoms with E-state index in [1.54, 1.807) is 12.3 Å². The number of aromatic nitrogens is 1. The number of aryl methyl sites for hydroxylation is 1. The van der Waals surface area contributed by atoms with E-state index in [0.717, 1.165) is 24.0 Å². The Balaban J connectivity index is 0.00000101. The molecule has 1 aromatic heterocycles. The minimum Gasteiger partial charge on any atom is -0.540 e. The number of nitrogens with zero attached hydrogens (tertiary/aromatic N) is 1. The minimum absolute atomic E-state index is 0. The molecule has 3 nitrogen and oxygen atoms in total. The number of unbranched alkanes of at least 4 members (excludes halogenated alkanes) is 1. The molecule has 0 N–H and O–H groups in total. The second kappa shape index (κ2) is 14.9. The first-order valence-electron chi connectivity index (χ1n) is 10.1. The summed E-state index contributed by atoms with van der Waals surface area (Å²) in [7, 11) is 0. The number of thioether (sulfide) groups is 1. The first kappa shape index (κ1) is 28.9. The Morgan fingerprint density at radius 2 is 1.79 bits per heavy atom. The fourth-order valence-electron chi connectivity index (χ4n) is 2.75. The van der Waals surface area contributed by atoms with Crippen LogP contribution in [0.4, 0.5) is 8.78 Å². The molecule has 2 atom stereocenters. The van der Waals surface area contributed by atoms with Crippen LogP contribution in [0.3, 0.4) is 0 Å². The summed E-state index contributed by atoms with van der Waals surface area (Å²) in [6, 6.07) is 15.5. The molecule has 0 bridgehead atoms. The molecule has 0 fully saturated rings. The molecule has 2 aromatic carbocycles. The van der Waals surface area contributed by atoms with Gasteiger partial charge in [-0.1, -0.05) is 53.3 Å². The number of carbonyl (C=O) groups excluding carboxylic acids is 1. The van der Waals surface area contributed by atoms with Crippen LogP contribution in [0.5, 0.6) is 5.75 Å². The number of ether oxygens (including phenoxy) is 1. The largest absolute Gasteiger partial charge is 1.00 e. The van der Waals surface area contributed by atoms with Gasteiger partial charge in [0.15, 0.2) is 11.6 Å². The van der Waals surface area contributed by atoms with E-state index in [2.05, 4.69) is 18.8 Å². The van der Waals surface area contributed by atoms with E-state index in [9.17, 15) is 13.6 Å². The Hall–Kier alpha value is -2.13. The Bertz CT molecular complexity index is 1000. The van der Waals surface area contributed by atoms with Crippen LogP contribution in [0.15, 0.2) is 65.8 Å². The second-order valence-electron chi connectivity index (χ2n) is 6.86. The van der Waals surface area contributed by atoms with Crippen molar-refractivity contribution in [2.24, 2.45) is 0 Å². The minimum atomic E-state index is -1.64. The maximum Gasteiger partial charge on any atom is 1.00 e. The zero-order valence-electron chi connectivity index (χ0n) is 19.2. The predicted molar refractivity (Wildman–Crippen MR) is 126 cm³/mol. The monoisotopic (exact) mass is 461 g/mol. The Morgan fingerprint density at radius 3 is 2.33 bits per heavy atom. The van der Waals surface area contributed by atoms with Crippen LogP contribution < -0.4 is 23.6 Å². The van der Waals surface area contributed by atoms with Gasteiger partial charge in [0.1, 0.15) is 0 Å². The first-order valence-corrected chi connectivity index (χ1v) is 11.0. The van der Waals surface area contributed by atoms with E-state index in [1.807, 2.05) is 49.6 Å². The molecule has 0 saturated carbocycles. The van der Waals surface area contributed by atoms with E-state index >= 15 is 0 Å². The van der Waals surface area contributed by atoms with E-state index in [1.165, 1.54) is 30.8 Å². The van der Waals surface area contributed by atoms with Gasteiger partial charge in [-0.3, -0.25) is 0 Å². The quantitative estimate of drug-likeness (QED) is 0.285. The predicted octanol–water partition coefficient (Wildman–Crippen LogP) is 4.27. The topological polar surface area (TPSA) is 39.2 Å². The van der Waals surface area contributed by atoms with Gasteiger partial charge in [-0.05, 0) is 24.6 Å². The number of rotatable bonds is 8. The average molecular weight is 462 g/mol. The smallest absolute Gasteiger partial charge is 0.540 e. The summed E-state index contributed by atoms with van der Waals surface area (Å²) in [5.74, 6) is -0.791. The molecule has 1 unspecified atom stereocenters. The van der Waals surface area contributed by atoms with Crippen molar-refractivity contribution in [3.05, 3.63) is 91.6 Å². The Labute approximate surface area is 211 Å². The van der Waals surface area contributed by atoms with Crippen molar-refractivity contribution in [3.63, 3.8) is 0 Å². The summed E-state index contributed by atoms with van der Waals surface area (Å²) >= 11 is 1.29. The number of pyridine rings is 1. The van der Waals surface area contributed by atoms with Gasteiger partial charge in [0.05, 0.1) is 5.03 Å². The van der Waals surface area contributed by atoms with Gasteiger partial charge in [-0.25, -0.2) is 32.9 Å². The number of benzene rings is 2. The maximum atomic E-state index is 14.1. The second-order valence-corrected chi connectivity index (χ2v) is 7.95. The van der Waals surface area contributed by atoms with Crippen molar-refractivity contribution >= 4 is 18.0 Å². The van der Waals surface area contributed by atoms with Crippen molar-refractivity contribution < 1.29 is 37.2 Å². The van der Waals surface area contributed by atoms with Gasteiger partial charge in [-0.15, -0.1) is 11.8 Å². The van der Waals surface area contributed by atoms with Gasteiger partial charge in [0.2, 0.25) is 6.36 Å². The normalized spacial score (nSPS) is 11.9. The Kier molecular flexibility index (Phi) is 13.1. The van der Waals surface area contributed by atoms with Crippen LogP contribution in [0.2, 0.25) is 0 Å². The fraction of sp³-hybridized carbons (Fsp3) is 0.231. The molecule has 1 heterocycles. The zero-order chi connectivity index (χ0) is 23.5. The molecule has 3 rings (SSSR count). The van der Waals surface area contributed by atoms with Crippen molar-refractivity contribution in [3.8, 4) is 16.9 Å². The first-order chi connectivity index (χ1) is 15.4. The molecule has 33 heavy (non-hydrogen) atoms. The van der Waals surface area contributed by atoms with Crippen LogP contribution in [-0.2, 0) is 4.79 Å². The third-order valence-electron chi connectivity index (χ3n) is 4.28. The van der Waals surface area contributed by atoms with E-state index in [0.29, 0.717) is 16.2 Å². The van der Waals surface area contributed by atoms with Crippen molar-refractivity contribution in [1.29, 1.82) is 0 Å². The van der Waals surface area contributed by atoms with Crippen molar-refractivity contribution in [2.75, 3.05) is 0 Å².